The number of ether oxygens (including phenoxy) is 2. The Labute approximate surface area is 196 Å². The van der Waals surface area contributed by atoms with Gasteiger partial charge in [-0.3, -0.25) is 14.4 Å². The topological polar surface area (TPSA) is 178 Å². The summed E-state index contributed by atoms with van der Waals surface area (Å²) in [4.78, 5) is 35.9. The number of carbonyl (C=O) groups is 3. The van der Waals surface area contributed by atoms with E-state index >= 15 is 0 Å². The summed E-state index contributed by atoms with van der Waals surface area (Å²) < 4.78 is 10.7. The molecule has 0 saturated heterocycles. The molecule has 190 valence electrons. The molecule has 0 heterocycles. The first-order chi connectivity index (χ1) is 15.8. The molecule has 0 aromatic rings. The minimum absolute atomic E-state index is 0.0227. The average Bonchev–Trinajstić information content (AvgIpc) is 2.80. The molecule has 0 aliphatic heterocycles. The monoisotopic (exact) mass is 471 g/mol. The SMILES string of the molecule is C=C(NC1(C(=O)NCCOCCOCCN)CCCCC1)[C@H](CCCC(=O)O)NC(=O)CN. The van der Waals surface area contributed by atoms with Crippen LogP contribution in [0, 0.1) is 0 Å². The van der Waals surface area contributed by atoms with Crippen molar-refractivity contribution in [3.05, 3.63) is 12.3 Å². The molecule has 1 rings (SSSR count). The molecule has 0 bridgehead atoms. The summed E-state index contributed by atoms with van der Waals surface area (Å²) in [6.07, 6.45) is 4.81. The Bertz CT molecular complexity index is 624. The van der Waals surface area contributed by atoms with Crippen molar-refractivity contribution in [2.45, 2.75) is 62.9 Å². The Morgan fingerprint density at radius 2 is 1.70 bits per heavy atom. The van der Waals surface area contributed by atoms with Crippen LogP contribution in [-0.2, 0) is 23.9 Å². The second-order valence-corrected chi connectivity index (χ2v) is 8.17. The maximum atomic E-state index is 13.1. The Hall–Kier alpha value is -2.21. The van der Waals surface area contributed by atoms with Gasteiger partial charge in [0.15, 0.2) is 0 Å². The number of rotatable bonds is 18. The first-order valence-corrected chi connectivity index (χ1v) is 11.7. The number of nitrogens with two attached hydrogens (primary N) is 2. The van der Waals surface area contributed by atoms with Crippen molar-refractivity contribution in [1.82, 2.24) is 16.0 Å². The van der Waals surface area contributed by atoms with Crippen molar-refractivity contribution in [2.24, 2.45) is 11.5 Å². The molecule has 0 aromatic heterocycles. The number of aliphatic carboxylic acids is 1. The van der Waals surface area contributed by atoms with E-state index in [4.69, 9.17) is 26.0 Å². The minimum Gasteiger partial charge on any atom is -0.481 e. The van der Waals surface area contributed by atoms with Crippen LogP contribution in [0.1, 0.15) is 51.4 Å². The summed E-state index contributed by atoms with van der Waals surface area (Å²) >= 11 is 0. The van der Waals surface area contributed by atoms with Gasteiger partial charge in [-0.25, -0.2) is 0 Å². The molecule has 2 amide bonds. The van der Waals surface area contributed by atoms with Gasteiger partial charge in [-0.15, -0.1) is 0 Å². The molecule has 11 heteroatoms. The van der Waals surface area contributed by atoms with Gasteiger partial charge < -0.3 is 42.0 Å². The number of carbonyl (C=O) groups excluding carboxylic acids is 2. The lowest BCUT2D eigenvalue weighted by Crippen LogP contribution is -2.59. The molecular formula is C22H41N5O6. The molecule has 8 N–H and O–H groups in total. The molecule has 1 fully saturated rings. The van der Waals surface area contributed by atoms with Crippen LogP contribution in [0.25, 0.3) is 0 Å². The van der Waals surface area contributed by atoms with Crippen LogP contribution in [0.15, 0.2) is 12.3 Å². The van der Waals surface area contributed by atoms with Gasteiger partial charge in [0.05, 0.1) is 39.0 Å². The molecule has 1 saturated carbocycles. The molecule has 0 unspecified atom stereocenters. The highest BCUT2D eigenvalue weighted by Crippen LogP contribution is 2.30. The predicted octanol–water partition coefficient (Wildman–Crippen LogP) is -0.401. The summed E-state index contributed by atoms with van der Waals surface area (Å²) in [5.74, 6) is -1.41. The maximum Gasteiger partial charge on any atom is 0.303 e. The van der Waals surface area contributed by atoms with Crippen LogP contribution in [0.4, 0.5) is 0 Å². The van der Waals surface area contributed by atoms with Gasteiger partial charge >= 0.3 is 5.97 Å². The van der Waals surface area contributed by atoms with Crippen LogP contribution in [0.3, 0.4) is 0 Å². The van der Waals surface area contributed by atoms with Gasteiger partial charge in [0, 0.05) is 25.2 Å². The quantitative estimate of drug-likeness (QED) is 0.145. The maximum absolute atomic E-state index is 13.1. The van der Waals surface area contributed by atoms with E-state index in [2.05, 4.69) is 22.5 Å². The third-order valence-corrected chi connectivity index (χ3v) is 5.53. The first-order valence-electron chi connectivity index (χ1n) is 11.7. The number of carboxylic acid groups (broad SMARTS) is 1. The Morgan fingerprint density at radius 1 is 1.03 bits per heavy atom. The highest BCUT2D eigenvalue weighted by Gasteiger charge is 2.40. The zero-order valence-electron chi connectivity index (χ0n) is 19.5. The first kappa shape index (κ1) is 28.8. The van der Waals surface area contributed by atoms with Crippen molar-refractivity contribution in [3.8, 4) is 0 Å². The third kappa shape index (κ3) is 11.5. The third-order valence-electron chi connectivity index (χ3n) is 5.53. The summed E-state index contributed by atoms with van der Waals surface area (Å²) in [5.41, 5.74) is 10.4. The van der Waals surface area contributed by atoms with E-state index in [9.17, 15) is 14.4 Å². The molecule has 0 spiro atoms. The minimum atomic E-state index is -0.909. The largest absolute Gasteiger partial charge is 0.481 e. The number of hydrogen-bond acceptors (Lipinski definition) is 8. The average molecular weight is 472 g/mol. The molecule has 0 aromatic carbocycles. The van der Waals surface area contributed by atoms with E-state index in [1.165, 1.54) is 0 Å². The number of nitrogens with one attached hydrogen (secondary N) is 3. The normalized spacial score (nSPS) is 15.9. The van der Waals surface area contributed by atoms with E-state index in [1.807, 2.05) is 0 Å². The molecule has 1 aliphatic carbocycles. The van der Waals surface area contributed by atoms with Crippen LogP contribution < -0.4 is 27.4 Å². The Balaban J connectivity index is 2.67. The predicted molar refractivity (Wildman–Crippen MR) is 124 cm³/mol. The summed E-state index contributed by atoms with van der Waals surface area (Å²) in [5, 5.41) is 17.9. The lowest BCUT2D eigenvalue weighted by molar-refractivity contribution is -0.137. The van der Waals surface area contributed by atoms with Crippen molar-refractivity contribution >= 4 is 17.8 Å². The van der Waals surface area contributed by atoms with Crippen LogP contribution in [0.2, 0.25) is 0 Å². The smallest absolute Gasteiger partial charge is 0.303 e. The molecule has 1 aliphatic rings. The van der Waals surface area contributed by atoms with E-state index in [-0.39, 0.29) is 24.8 Å². The van der Waals surface area contributed by atoms with Crippen molar-refractivity contribution in [3.63, 3.8) is 0 Å². The van der Waals surface area contributed by atoms with E-state index in [1.54, 1.807) is 0 Å². The molecule has 11 nitrogen and oxygen atoms in total. The van der Waals surface area contributed by atoms with Crippen LogP contribution in [-0.4, -0.2) is 80.5 Å². The molecule has 0 radical (unpaired) electrons. The van der Waals surface area contributed by atoms with E-state index in [0.29, 0.717) is 70.9 Å². The molecular weight excluding hydrogens is 430 g/mol. The van der Waals surface area contributed by atoms with Crippen LogP contribution in [0.5, 0.6) is 0 Å². The van der Waals surface area contributed by atoms with Gasteiger partial charge in [0.25, 0.3) is 0 Å². The van der Waals surface area contributed by atoms with Crippen molar-refractivity contribution < 1.29 is 29.0 Å². The number of hydrogen-bond donors (Lipinski definition) is 6. The fraction of sp³-hybridized carbons (Fsp3) is 0.773. The standard InChI is InChI=1S/C22H41N5O6/c1-17(18(26-19(28)16-24)6-5-7-20(29)30)27-22(8-3-2-4-9-22)21(31)25-11-13-33-15-14-32-12-10-23/h18,27H,1-16,23-24H2,(H,25,31)(H,26,28)(H,29,30)/t18-/m0/s1. The van der Waals surface area contributed by atoms with Gasteiger partial charge in [0.1, 0.15) is 5.54 Å². The van der Waals surface area contributed by atoms with Crippen molar-refractivity contribution in [2.75, 3.05) is 46.1 Å². The Kier molecular flexibility index (Phi) is 14.3. The fourth-order valence-corrected chi connectivity index (χ4v) is 3.81. The molecule has 1 atom stereocenters. The van der Waals surface area contributed by atoms with Gasteiger partial charge in [-0.1, -0.05) is 25.8 Å². The van der Waals surface area contributed by atoms with Crippen molar-refractivity contribution in [1.29, 1.82) is 0 Å². The van der Waals surface area contributed by atoms with Crippen LogP contribution >= 0.6 is 0 Å². The lowest BCUT2D eigenvalue weighted by atomic mass is 9.80. The zero-order chi connectivity index (χ0) is 24.5. The summed E-state index contributed by atoms with van der Waals surface area (Å²) in [6.45, 7) is 6.43. The summed E-state index contributed by atoms with van der Waals surface area (Å²) in [6, 6.07) is -0.524. The van der Waals surface area contributed by atoms with Gasteiger partial charge in [0.2, 0.25) is 11.8 Å². The summed E-state index contributed by atoms with van der Waals surface area (Å²) in [7, 11) is 0. The lowest BCUT2D eigenvalue weighted by Gasteiger charge is -2.39. The second kappa shape index (κ2) is 16.4. The molecule has 33 heavy (non-hydrogen) atoms. The fourth-order valence-electron chi connectivity index (χ4n) is 3.81. The zero-order valence-corrected chi connectivity index (χ0v) is 19.5. The number of carboxylic acids is 1. The van der Waals surface area contributed by atoms with Gasteiger partial charge in [-0.2, -0.15) is 0 Å². The van der Waals surface area contributed by atoms with Gasteiger partial charge in [-0.05, 0) is 25.7 Å². The van der Waals surface area contributed by atoms with E-state index in [0.717, 1.165) is 19.3 Å². The second-order valence-electron chi connectivity index (χ2n) is 8.17. The van der Waals surface area contributed by atoms with E-state index < -0.39 is 17.6 Å². The number of amides is 2. The highest BCUT2D eigenvalue weighted by atomic mass is 16.5. The Morgan fingerprint density at radius 3 is 2.30 bits per heavy atom. The highest BCUT2D eigenvalue weighted by molar-refractivity contribution is 5.87.